The van der Waals surface area contributed by atoms with E-state index in [2.05, 4.69) is 27.4 Å². The van der Waals surface area contributed by atoms with Gasteiger partial charge in [-0.25, -0.2) is 0 Å². The summed E-state index contributed by atoms with van der Waals surface area (Å²) in [6.07, 6.45) is 11.2. The third kappa shape index (κ3) is 2.57. The first kappa shape index (κ1) is 14.6. The van der Waals surface area contributed by atoms with Gasteiger partial charge in [0, 0.05) is 44.5 Å². The van der Waals surface area contributed by atoms with Gasteiger partial charge in [-0.3, -0.25) is 9.78 Å². The number of aromatic nitrogens is 1. The zero-order valence-corrected chi connectivity index (χ0v) is 14.0. The van der Waals surface area contributed by atoms with Gasteiger partial charge in [-0.05, 0) is 54.1 Å². The summed E-state index contributed by atoms with van der Waals surface area (Å²) in [6.45, 7) is 4.12. The molecule has 2 bridgehead atoms. The van der Waals surface area contributed by atoms with Crippen LogP contribution in [0.4, 0.5) is 0 Å². The maximum absolute atomic E-state index is 12.4. The van der Waals surface area contributed by atoms with E-state index in [9.17, 15) is 4.79 Å². The molecule has 1 N–H and O–H groups in total. The van der Waals surface area contributed by atoms with Crippen molar-refractivity contribution in [3.63, 3.8) is 0 Å². The highest BCUT2D eigenvalue weighted by Crippen LogP contribution is 2.53. The van der Waals surface area contributed by atoms with E-state index >= 15 is 0 Å². The summed E-state index contributed by atoms with van der Waals surface area (Å²) < 4.78 is 0. The number of likely N-dealkylation sites (tertiary alicyclic amines) is 1. The predicted molar refractivity (Wildman–Crippen MR) is 91.8 cm³/mol. The largest absolute Gasteiger partial charge is 0.352 e. The molecule has 1 aromatic heterocycles. The molecule has 1 saturated heterocycles. The Balaban J connectivity index is 1.09. The number of nitrogens with zero attached hydrogens (tertiary/aromatic N) is 2. The molecule has 4 nitrogen and oxygen atoms in total. The van der Waals surface area contributed by atoms with Crippen LogP contribution in [0, 0.1) is 35.5 Å². The lowest BCUT2D eigenvalue weighted by atomic mass is 9.93. The molecule has 1 amide bonds. The second-order valence-electron chi connectivity index (χ2n) is 8.19. The first-order valence-corrected chi connectivity index (χ1v) is 9.35. The van der Waals surface area contributed by atoms with Crippen LogP contribution in [0.3, 0.4) is 0 Å². The smallest absolute Gasteiger partial charge is 0.224 e. The number of rotatable bonds is 5. The van der Waals surface area contributed by atoms with Gasteiger partial charge in [0.15, 0.2) is 0 Å². The van der Waals surface area contributed by atoms with E-state index in [4.69, 9.17) is 0 Å². The highest BCUT2D eigenvalue weighted by molar-refractivity contribution is 5.82. The van der Waals surface area contributed by atoms with Gasteiger partial charge in [0.1, 0.15) is 0 Å². The number of amides is 1. The number of hydrogen-bond acceptors (Lipinski definition) is 3. The van der Waals surface area contributed by atoms with Gasteiger partial charge >= 0.3 is 0 Å². The minimum atomic E-state index is 0.247. The lowest BCUT2D eigenvalue weighted by molar-refractivity contribution is -0.123. The molecular weight excluding hydrogens is 298 g/mol. The molecule has 1 aromatic rings. The Morgan fingerprint density at radius 3 is 2.79 bits per heavy atom. The highest BCUT2D eigenvalue weighted by atomic mass is 16.2. The number of nitrogens with one attached hydrogen (secondary N) is 1. The molecule has 1 unspecified atom stereocenters. The van der Waals surface area contributed by atoms with E-state index < -0.39 is 0 Å². The summed E-state index contributed by atoms with van der Waals surface area (Å²) in [5.41, 5.74) is 1.07. The van der Waals surface area contributed by atoms with Gasteiger partial charge in [0.25, 0.3) is 0 Å². The Bertz CT molecular complexity index is 646. The van der Waals surface area contributed by atoms with Crippen molar-refractivity contribution in [2.75, 3.05) is 19.6 Å². The van der Waals surface area contributed by atoms with Crippen LogP contribution in [0.25, 0.3) is 0 Å². The fourth-order valence-electron chi connectivity index (χ4n) is 5.40. The minimum absolute atomic E-state index is 0.247. The maximum Gasteiger partial charge on any atom is 0.224 e. The Morgan fingerprint density at radius 2 is 2.12 bits per heavy atom. The van der Waals surface area contributed by atoms with Gasteiger partial charge < -0.3 is 10.2 Å². The summed E-state index contributed by atoms with van der Waals surface area (Å²) in [5.74, 6) is 4.29. The fraction of sp³-hybridized carbons (Fsp3) is 0.600. The number of allylic oxidation sites excluding steroid dienone is 2. The third-order valence-corrected chi connectivity index (χ3v) is 6.67. The zero-order valence-electron chi connectivity index (χ0n) is 14.0. The zero-order chi connectivity index (χ0) is 16.1. The number of piperidine rings is 1. The summed E-state index contributed by atoms with van der Waals surface area (Å²) in [6, 6.07) is 3.92. The van der Waals surface area contributed by atoms with Crippen molar-refractivity contribution >= 4 is 5.91 Å². The molecule has 4 aliphatic rings. The van der Waals surface area contributed by atoms with E-state index in [0.29, 0.717) is 18.4 Å². The second kappa shape index (κ2) is 5.69. The summed E-state index contributed by atoms with van der Waals surface area (Å²) in [4.78, 5) is 19.1. The molecule has 2 heterocycles. The van der Waals surface area contributed by atoms with Crippen molar-refractivity contribution in [1.82, 2.24) is 15.2 Å². The van der Waals surface area contributed by atoms with Crippen molar-refractivity contribution in [2.45, 2.75) is 19.4 Å². The SMILES string of the molecule is O=C(NCc1cccnc1)C1[C@H]2CN(C[C@@H]3C[C@H]4C=C[C@@H]3C4)C[C@@H]12. The lowest BCUT2D eigenvalue weighted by Gasteiger charge is -2.26. The molecule has 0 aromatic carbocycles. The first-order chi connectivity index (χ1) is 11.8. The molecule has 4 heteroatoms. The van der Waals surface area contributed by atoms with Gasteiger partial charge in [-0.15, -0.1) is 0 Å². The highest BCUT2D eigenvalue weighted by Gasteiger charge is 2.59. The van der Waals surface area contributed by atoms with E-state index in [0.717, 1.165) is 36.4 Å². The number of pyridine rings is 1. The van der Waals surface area contributed by atoms with E-state index in [1.807, 2.05) is 18.3 Å². The molecule has 126 valence electrons. The quantitative estimate of drug-likeness (QED) is 0.844. The van der Waals surface area contributed by atoms with Gasteiger partial charge in [-0.2, -0.15) is 0 Å². The van der Waals surface area contributed by atoms with Crippen LogP contribution in [-0.2, 0) is 11.3 Å². The molecule has 3 aliphatic carbocycles. The van der Waals surface area contributed by atoms with Crippen molar-refractivity contribution in [3.8, 4) is 0 Å². The number of hydrogen-bond donors (Lipinski definition) is 1. The Kier molecular flexibility index (Phi) is 3.47. The molecule has 5 rings (SSSR count). The monoisotopic (exact) mass is 323 g/mol. The molecule has 0 radical (unpaired) electrons. The van der Waals surface area contributed by atoms with Gasteiger partial charge in [-0.1, -0.05) is 18.2 Å². The molecule has 6 atom stereocenters. The topological polar surface area (TPSA) is 45.2 Å². The van der Waals surface area contributed by atoms with Gasteiger partial charge in [0.05, 0.1) is 0 Å². The van der Waals surface area contributed by atoms with Crippen molar-refractivity contribution in [1.29, 1.82) is 0 Å². The fourth-order valence-corrected chi connectivity index (χ4v) is 5.40. The normalized spacial score (nSPS) is 39.2. The average molecular weight is 323 g/mol. The van der Waals surface area contributed by atoms with E-state index in [-0.39, 0.29) is 11.8 Å². The molecule has 1 aliphatic heterocycles. The Morgan fingerprint density at radius 1 is 1.25 bits per heavy atom. The number of carbonyl (C=O) groups is 1. The summed E-state index contributed by atoms with van der Waals surface area (Å²) >= 11 is 0. The van der Waals surface area contributed by atoms with Crippen LogP contribution < -0.4 is 5.32 Å². The molecule has 0 spiro atoms. The van der Waals surface area contributed by atoms with Crippen molar-refractivity contribution in [3.05, 3.63) is 42.2 Å². The molecule has 2 saturated carbocycles. The molecular formula is C20H25N3O. The Hall–Kier alpha value is -1.68. The average Bonchev–Trinajstić information content (AvgIpc) is 3.01. The van der Waals surface area contributed by atoms with Crippen molar-refractivity contribution < 1.29 is 4.79 Å². The number of carbonyl (C=O) groups excluding carboxylic acids is 1. The van der Waals surface area contributed by atoms with Crippen LogP contribution in [0.15, 0.2) is 36.7 Å². The molecule has 3 fully saturated rings. The summed E-state index contributed by atoms with van der Waals surface area (Å²) in [5, 5.41) is 3.09. The van der Waals surface area contributed by atoms with Crippen LogP contribution in [0.2, 0.25) is 0 Å². The van der Waals surface area contributed by atoms with Gasteiger partial charge in [0.2, 0.25) is 5.91 Å². The van der Waals surface area contributed by atoms with Crippen LogP contribution in [0.5, 0.6) is 0 Å². The van der Waals surface area contributed by atoms with Crippen LogP contribution in [-0.4, -0.2) is 35.4 Å². The van der Waals surface area contributed by atoms with E-state index in [1.165, 1.54) is 19.4 Å². The Labute approximate surface area is 143 Å². The van der Waals surface area contributed by atoms with Crippen LogP contribution >= 0.6 is 0 Å². The lowest BCUT2D eigenvalue weighted by Crippen LogP contribution is -2.34. The first-order valence-electron chi connectivity index (χ1n) is 9.35. The van der Waals surface area contributed by atoms with Crippen LogP contribution in [0.1, 0.15) is 18.4 Å². The summed E-state index contributed by atoms with van der Waals surface area (Å²) in [7, 11) is 0. The number of fused-ring (bicyclic) bond motifs is 3. The predicted octanol–water partition coefficient (Wildman–Crippen LogP) is 2.09. The molecule has 24 heavy (non-hydrogen) atoms. The third-order valence-electron chi connectivity index (χ3n) is 6.67. The second-order valence-corrected chi connectivity index (χ2v) is 8.19. The minimum Gasteiger partial charge on any atom is -0.352 e. The standard InChI is InChI=1S/C20H25N3O/c24-20(22-9-14-2-1-5-21-8-14)19-17-11-23(12-18(17)19)10-16-7-13-3-4-15(16)6-13/h1-5,8,13,15-19H,6-7,9-12H2,(H,22,24)/t13-,15+,16-,17-,18+,19?/m0/s1. The van der Waals surface area contributed by atoms with Crippen molar-refractivity contribution in [2.24, 2.45) is 35.5 Å². The maximum atomic E-state index is 12.4. The van der Waals surface area contributed by atoms with E-state index in [1.54, 1.807) is 6.20 Å².